The van der Waals surface area contributed by atoms with E-state index in [4.69, 9.17) is 4.74 Å². The highest BCUT2D eigenvalue weighted by atomic mass is 16.5. The van der Waals surface area contributed by atoms with Crippen molar-refractivity contribution in [2.24, 2.45) is 0 Å². The predicted molar refractivity (Wildman–Crippen MR) is 113 cm³/mol. The van der Waals surface area contributed by atoms with Crippen LogP contribution < -0.4 is 10.1 Å². The minimum atomic E-state index is -0.189. The van der Waals surface area contributed by atoms with Gasteiger partial charge in [-0.05, 0) is 48.2 Å². The van der Waals surface area contributed by atoms with E-state index < -0.39 is 0 Å². The van der Waals surface area contributed by atoms with E-state index in [9.17, 15) is 9.59 Å². The highest BCUT2D eigenvalue weighted by molar-refractivity contribution is 5.88. The van der Waals surface area contributed by atoms with Crippen LogP contribution in [0.15, 0.2) is 36.4 Å². The van der Waals surface area contributed by atoms with Gasteiger partial charge in [0.15, 0.2) is 0 Å². The Morgan fingerprint density at radius 3 is 2.45 bits per heavy atom. The summed E-state index contributed by atoms with van der Waals surface area (Å²) in [7, 11) is 1.66. The highest BCUT2D eigenvalue weighted by Crippen LogP contribution is 2.26. The Kier molecular flexibility index (Phi) is 5.72. The number of carbonyl (C=O) groups excluding carboxylic acids is 2. The first-order valence-corrected chi connectivity index (χ1v) is 10.4. The zero-order valence-electron chi connectivity index (χ0n) is 17.2. The van der Waals surface area contributed by atoms with Gasteiger partial charge in [-0.25, -0.2) is 0 Å². The van der Waals surface area contributed by atoms with Crippen LogP contribution in [0.5, 0.6) is 5.75 Å². The van der Waals surface area contributed by atoms with E-state index in [2.05, 4.69) is 16.3 Å². The number of rotatable bonds is 6. The lowest BCUT2D eigenvalue weighted by Gasteiger charge is -2.35. The van der Waals surface area contributed by atoms with Crippen molar-refractivity contribution in [3.8, 4) is 5.75 Å². The van der Waals surface area contributed by atoms with Crippen molar-refractivity contribution in [3.05, 3.63) is 42.0 Å². The summed E-state index contributed by atoms with van der Waals surface area (Å²) in [5.74, 6) is 0.901. The van der Waals surface area contributed by atoms with Crippen LogP contribution in [0.4, 0.5) is 0 Å². The molecule has 6 nitrogen and oxygen atoms in total. The Morgan fingerprint density at radius 2 is 1.76 bits per heavy atom. The lowest BCUT2D eigenvalue weighted by molar-refractivity contribution is -0.134. The summed E-state index contributed by atoms with van der Waals surface area (Å²) in [6, 6.07) is 12.5. The van der Waals surface area contributed by atoms with Crippen LogP contribution >= 0.6 is 0 Å². The smallest absolute Gasteiger partial charge is 0.234 e. The molecule has 0 bridgehead atoms. The minimum Gasteiger partial charge on any atom is -0.497 e. The predicted octanol–water partition coefficient (Wildman–Crippen LogP) is 2.37. The van der Waals surface area contributed by atoms with E-state index >= 15 is 0 Å². The maximum absolute atomic E-state index is 13.0. The van der Waals surface area contributed by atoms with Gasteiger partial charge in [-0.1, -0.05) is 24.3 Å². The molecule has 1 atom stereocenters. The Balaban J connectivity index is 1.34. The summed E-state index contributed by atoms with van der Waals surface area (Å²) in [5.41, 5.74) is 1.03. The molecule has 1 saturated carbocycles. The lowest BCUT2D eigenvalue weighted by Crippen LogP contribution is -2.52. The van der Waals surface area contributed by atoms with Crippen LogP contribution in [-0.4, -0.2) is 67.5 Å². The molecule has 4 rings (SSSR count). The van der Waals surface area contributed by atoms with Crippen LogP contribution in [0.3, 0.4) is 0 Å². The monoisotopic (exact) mass is 395 g/mol. The molecule has 2 aliphatic rings. The first kappa shape index (κ1) is 19.7. The van der Waals surface area contributed by atoms with E-state index in [0.717, 1.165) is 48.0 Å². The van der Waals surface area contributed by atoms with E-state index in [1.54, 1.807) is 7.11 Å². The average molecular weight is 396 g/mol. The van der Waals surface area contributed by atoms with Gasteiger partial charge in [0, 0.05) is 32.2 Å². The molecule has 1 heterocycles. The van der Waals surface area contributed by atoms with Crippen LogP contribution in [0.1, 0.15) is 31.2 Å². The molecule has 2 fully saturated rings. The Labute approximate surface area is 171 Å². The molecular formula is C23H29N3O3. The third kappa shape index (κ3) is 4.70. The molecule has 2 amide bonds. The largest absolute Gasteiger partial charge is 0.497 e. The fourth-order valence-corrected chi connectivity index (χ4v) is 3.89. The van der Waals surface area contributed by atoms with Crippen LogP contribution in [0.2, 0.25) is 0 Å². The van der Waals surface area contributed by atoms with Crippen LogP contribution in [0, 0.1) is 0 Å². The molecule has 2 aromatic carbocycles. The van der Waals surface area contributed by atoms with E-state index in [1.807, 2.05) is 42.2 Å². The number of hydrogen-bond acceptors (Lipinski definition) is 4. The standard InChI is InChI=1S/C23H29N3O3/c1-16(17-3-4-19-14-21(29-2)8-5-18(19)13-17)23(28)26-11-9-25(10-12-26)15-22(27)24-20-6-7-20/h3-5,8,13-14,16,20H,6-7,9-12,15H2,1-2H3,(H,24,27)/t16-/m0/s1. The molecule has 6 heteroatoms. The molecule has 1 aliphatic carbocycles. The number of amides is 2. The van der Waals surface area contributed by atoms with Gasteiger partial charge < -0.3 is 15.0 Å². The van der Waals surface area contributed by atoms with Gasteiger partial charge in [0.1, 0.15) is 5.75 Å². The summed E-state index contributed by atoms with van der Waals surface area (Å²) in [6.45, 7) is 5.24. The second-order valence-corrected chi connectivity index (χ2v) is 8.14. The molecule has 1 aliphatic heterocycles. The Bertz CT molecular complexity index is 901. The van der Waals surface area contributed by atoms with Crippen molar-refractivity contribution in [2.45, 2.75) is 31.7 Å². The molecule has 0 unspecified atom stereocenters. The Morgan fingerprint density at radius 1 is 1.07 bits per heavy atom. The highest BCUT2D eigenvalue weighted by Gasteiger charge is 2.28. The van der Waals surface area contributed by atoms with Crippen molar-refractivity contribution in [1.29, 1.82) is 0 Å². The van der Waals surface area contributed by atoms with Gasteiger partial charge in [-0.15, -0.1) is 0 Å². The summed E-state index contributed by atoms with van der Waals surface area (Å²) in [6.07, 6.45) is 2.21. The lowest BCUT2D eigenvalue weighted by atomic mass is 9.96. The summed E-state index contributed by atoms with van der Waals surface area (Å²) >= 11 is 0. The zero-order valence-corrected chi connectivity index (χ0v) is 17.2. The fraction of sp³-hybridized carbons (Fsp3) is 0.478. The van der Waals surface area contributed by atoms with E-state index in [1.165, 1.54) is 0 Å². The molecule has 0 radical (unpaired) electrons. The van der Waals surface area contributed by atoms with Crippen LogP contribution in [0.25, 0.3) is 10.8 Å². The molecular weight excluding hydrogens is 366 g/mol. The number of nitrogens with zero attached hydrogens (tertiary/aromatic N) is 2. The van der Waals surface area contributed by atoms with E-state index in [0.29, 0.717) is 25.7 Å². The van der Waals surface area contributed by atoms with Gasteiger partial charge in [0.25, 0.3) is 0 Å². The summed E-state index contributed by atoms with van der Waals surface area (Å²) in [4.78, 5) is 29.1. The number of fused-ring (bicyclic) bond motifs is 1. The van der Waals surface area contributed by atoms with Gasteiger partial charge >= 0.3 is 0 Å². The third-order valence-corrected chi connectivity index (χ3v) is 5.94. The van der Waals surface area contributed by atoms with Gasteiger partial charge in [0.05, 0.1) is 19.6 Å². The molecule has 0 aromatic heterocycles. The van der Waals surface area contributed by atoms with Crippen molar-refractivity contribution < 1.29 is 14.3 Å². The minimum absolute atomic E-state index is 0.105. The zero-order chi connectivity index (χ0) is 20.4. The molecule has 1 saturated heterocycles. The second kappa shape index (κ2) is 8.41. The molecule has 0 spiro atoms. The average Bonchev–Trinajstić information content (AvgIpc) is 3.56. The summed E-state index contributed by atoms with van der Waals surface area (Å²) < 4.78 is 5.28. The van der Waals surface area contributed by atoms with Crippen molar-refractivity contribution in [3.63, 3.8) is 0 Å². The number of ether oxygens (including phenoxy) is 1. The van der Waals surface area contributed by atoms with Crippen LogP contribution in [-0.2, 0) is 9.59 Å². The number of benzene rings is 2. The first-order chi connectivity index (χ1) is 14.0. The summed E-state index contributed by atoms with van der Waals surface area (Å²) in [5, 5.41) is 5.24. The van der Waals surface area contributed by atoms with Crippen molar-refractivity contribution in [2.75, 3.05) is 39.8 Å². The number of piperazine rings is 1. The molecule has 154 valence electrons. The maximum Gasteiger partial charge on any atom is 0.234 e. The quantitative estimate of drug-likeness (QED) is 0.816. The van der Waals surface area contributed by atoms with Gasteiger partial charge in [-0.3, -0.25) is 14.5 Å². The Hall–Kier alpha value is -2.60. The number of carbonyl (C=O) groups is 2. The second-order valence-electron chi connectivity index (χ2n) is 8.14. The van der Waals surface area contributed by atoms with E-state index in [-0.39, 0.29) is 17.7 Å². The third-order valence-electron chi connectivity index (χ3n) is 5.94. The van der Waals surface area contributed by atoms with Gasteiger partial charge in [-0.2, -0.15) is 0 Å². The fourth-order valence-electron chi connectivity index (χ4n) is 3.89. The van der Waals surface area contributed by atoms with Crippen molar-refractivity contribution >= 4 is 22.6 Å². The number of nitrogens with one attached hydrogen (secondary N) is 1. The molecule has 29 heavy (non-hydrogen) atoms. The topological polar surface area (TPSA) is 61.9 Å². The maximum atomic E-state index is 13.0. The molecule has 2 aromatic rings. The van der Waals surface area contributed by atoms with Gasteiger partial charge in [0.2, 0.25) is 11.8 Å². The van der Waals surface area contributed by atoms with Crippen molar-refractivity contribution in [1.82, 2.24) is 15.1 Å². The SMILES string of the molecule is COc1ccc2cc([C@H](C)C(=O)N3CCN(CC(=O)NC4CC4)CC3)ccc2c1. The number of hydrogen-bond donors (Lipinski definition) is 1. The molecule has 1 N–H and O–H groups in total. The number of methoxy groups -OCH3 is 1. The normalized spacial score (nSPS) is 18.5. The first-order valence-electron chi connectivity index (χ1n) is 10.4.